The molecule has 5 aromatic rings. The van der Waals surface area contributed by atoms with Crippen LogP contribution in [0.3, 0.4) is 0 Å². The molecule has 3 atom stereocenters. The number of fused-ring (bicyclic) bond motifs is 1. The van der Waals surface area contributed by atoms with E-state index in [0.29, 0.717) is 5.75 Å². The zero-order chi connectivity index (χ0) is 38.2. The standard InChI is InChI=1S/C43H45N5O5S/c1-29(2)38(41(51)47-27-31-16-14-13-15-30(31)25-36(47)39(49)45-35(42(52)53)23-24-54-3)46-40(50)37-26-44-28-48(37)43(32-17-7-4-8-18-32,33-19-9-5-10-20-33)34-21-11-6-12-22-34/h4-22,26,28-29,35-36,38H,23-25,27H2,1-3H3,(H,45,49)(H,46,50)(H,52,53)/t35-,36?,38+/m1/s1. The largest absolute Gasteiger partial charge is 0.480 e. The van der Waals surface area contributed by atoms with Gasteiger partial charge in [-0.3, -0.25) is 14.4 Å². The summed E-state index contributed by atoms with van der Waals surface area (Å²) in [6.07, 6.45) is 5.48. The van der Waals surface area contributed by atoms with Crippen molar-refractivity contribution in [2.75, 3.05) is 12.0 Å². The fourth-order valence-corrected chi connectivity index (χ4v) is 7.81. The maximum absolute atomic E-state index is 14.7. The predicted octanol–water partition coefficient (Wildman–Crippen LogP) is 5.75. The summed E-state index contributed by atoms with van der Waals surface area (Å²) in [4.78, 5) is 61.3. The fourth-order valence-electron chi connectivity index (χ4n) is 7.34. The number of hydrogen-bond acceptors (Lipinski definition) is 6. The number of carbonyl (C=O) groups is 4. The van der Waals surface area contributed by atoms with Crippen molar-refractivity contribution in [2.45, 2.75) is 56.9 Å². The minimum absolute atomic E-state index is 0.131. The van der Waals surface area contributed by atoms with Crippen LogP contribution >= 0.6 is 11.8 Å². The van der Waals surface area contributed by atoms with E-state index in [4.69, 9.17) is 0 Å². The number of benzene rings is 4. The first-order chi connectivity index (χ1) is 26.2. The zero-order valence-electron chi connectivity index (χ0n) is 30.6. The third-order valence-corrected chi connectivity index (χ3v) is 10.7. The summed E-state index contributed by atoms with van der Waals surface area (Å²) in [5.74, 6) is -2.44. The molecule has 0 bridgehead atoms. The molecule has 3 N–H and O–H groups in total. The molecule has 3 amide bonds. The molecule has 0 radical (unpaired) electrons. The third-order valence-electron chi connectivity index (χ3n) is 10.1. The molecular formula is C43H45N5O5S. The van der Waals surface area contributed by atoms with Crippen molar-refractivity contribution in [3.05, 3.63) is 161 Å². The number of carbonyl (C=O) groups excluding carboxylic acids is 3. The molecule has 0 saturated heterocycles. The summed E-state index contributed by atoms with van der Waals surface area (Å²) < 4.78 is 1.86. The normalized spacial score (nSPS) is 15.2. The van der Waals surface area contributed by atoms with Crippen molar-refractivity contribution in [3.63, 3.8) is 0 Å². The lowest BCUT2D eigenvalue weighted by molar-refractivity contribution is -0.146. The monoisotopic (exact) mass is 743 g/mol. The van der Waals surface area contributed by atoms with Crippen LogP contribution in [-0.4, -0.2) is 73.4 Å². The summed E-state index contributed by atoms with van der Waals surface area (Å²) in [6.45, 7) is 3.82. The van der Waals surface area contributed by atoms with Crippen molar-refractivity contribution < 1.29 is 24.3 Å². The van der Waals surface area contributed by atoms with Crippen molar-refractivity contribution >= 4 is 35.5 Å². The van der Waals surface area contributed by atoms with E-state index in [2.05, 4.69) is 15.6 Å². The number of aliphatic carboxylic acids is 1. The Kier molecular flexibility index (Phi) is 12.0. The van der Waals surface area contributed by atoms with Gasteiger partial charge in [0.2, 0.25) is 11.8 Å². The highest BCUT2D eigenvalue weighted by molar-refractivity contribution is 7.98. The number of amides is 3. The second-order valence-electron chi connectivity index (χ2n) is 13.8. The lowest BCUT2D eigenvalue weighted by Crippen LogP contribution is -2.60. The topological polar surface area (TPSA) is 134 Å². The van der Waals surface area contributed by atoms with Gasteiger partial charge in [-0.05, 0) is 52.2 Å². The number of nitrogens with zero attached hydrogens (tertiary/aromatic N) is 3. The van der Waals surface area contributed by atoms with Crippen molar-refractivity contribution in [1.82, 2.24) is 25.1 Å². The van der Waals surface area contributed by atoms with Gasteiger partial charge >= 0.3 is 5.97 Å². The van der Waals surface area contributed by atoms with Crippen LogP contribution in [0, 0.1) is 5.92 Å². The maximum Gasteiger partial charge on any atom is 0.326 e. The first-order valence-electron chi connectivity index (χ1n) is 18.1. The Morgan fingerprint density at radius 1 is 0.815 bits per heavy atom. The fraction of sp³-hybridized carbons (Fsp3) is 0.279. The molecule has 1 unspecified atom stereocenters. The number of imidazole rings is 1. The number of hydrogen-bond donors (Lipinski definition) is 3. The Morgan fingerprint density at radius 2 is 1.35 bits per heavy atom. The van der Waals surface area contributed by atoms with E-state index < -0.39 is 47.4 Å². The average molecular weight is 744 g/mol. The van der Waals surface area contributed by atoms with Gasteiger partial charge in [-0.2, -0.15) is 11.8 Å². The van der Waals surface area contributed by atoms with Crippen LogP contribution in [0.25, 0.3) is 0 Å². The van der Waals surface area contributed by atoms with Crippen molar-refractivity contribution in [3.8, 4) is 0 Å². The van der Waals surface area contributed by atoms with Gasteiger partial charge in [0.05, 0.1) is 12.5 Å². The van der Waals surface area contributed by atoms with Crippen LogP contribution in [0.5, 0.6) is 0 Å². The number of carboxylic acids is 1. The Labute approximate surface area is 320 Å². The molecule has 0 aliphatic carbocycles. The molecule has 0 fully saturated rings. The number of rotatable bonds is 14. The van der Waals surface area contributed by atoms with Crippen LogP contribution in [-0.2, 0) is 32.9 Å². The lowest BCUT2D eigenvalue weighted by Gasteiger charge is -2.40. The van der Waals surface area contributed by atoms with Crippen molar-refractivity contribution in [2.24, 2.45) is 5.92 Å². The first-order valence-corrected chi connectivity index (χ1v) is 19.5. The number of aromatic nitrogens is 2. The van der Waals surface area contributed by atoms with Crippen molar-refractivity contribution in [1.29, 1.82) is 0 Å². The smallest absolute Gasteiger partial charge is 0.326 e. The SMILES string of the molecule is CSCC[C@@H](NC(=O)C1Cc2ccccc2CN1C(=O)[C@@H](NC(=O)c1cncn1C(c1ccccc1)(c1ccccc1)c1ccccc1)C(C)C)C(=O)O. The lowest BCUT2D eigenvalue weighted by atomic mass is 9.76. The summed E-state index contributed by atoms with van der Waals surface area (Å²) in [6, 6.07) is 34.3. The maximum atomic E-state index is 14.7. The summed E-state index contributed by atoms with van der Waals surface area (Å²) in [5, 5.41) is 15.6. The molecule has 1 aromatic heterocycles. The Bertz CT molecular complexity index is 1980. The minimum atomic E-state index is -1.13. The molecule has 1 aliphatic rings. The zero-order valence-corrected chi connectivity index (χ0v) is 31.4. The van der Waals surface area contributed by atoms with Crippen LogP contribution in [0.2, 0.25) is 0 Å². The van der Waals surface area contributed by atoms with Gasteiger partial charge in [0.15, 0.2) is 0 Å². The molecule has 1 aliphatic heterocycles. The highest BCUT2D eigenvalue weighted by Crippen LogP contribution is 2.41. The van der Waals surface area contributed by atoms with E-state index in [1.807, 2.05) is 140 Å². The molecule has 0 saturated carbocycles. The van der Waals surface area contributed by atoms with E-state index in [1.165, 1.54) is 22.9 Å². The molecule has 2 heterocycles. The Balaban J connectivity index is 1.37. The third kappa shape index (κ3) is 7.68. The highest BCUT2D eigenvalue weighted by atomic mass is 32.2. The van der Waals surface area contributed by atoms with E-state index >= 15 is 0 Å². The van der Waals surface area contributed by atoms with Gasteiger partial charge in [-0.15, -0.1) is 0 Å². The number of thioether (sulfide) groups is 1. The first kappa shape index (κ1) is 38.1. The van der Waals surface area contributed by atoms with Gasteiger partial charge in [0.25, 0.3) is 5.91 Å². The molecule has 4 aromatic carbocycles. The van der Waals surface area contributed by atoms with Gasteiger partial charge < -0.3 is 25.2 Å². The van der Waals surface area contributed by atoms with Gasteiger partial charge in [-0.1, -0.05) is 129 Å². The van der Waals surface area contributed by atoms with Gasteiger partial charge in [0.1, 0.15) is 29.4 Å². The van der Waals surface area contributed by atoms with Gasteiger partial charge in [-0.25, -0.2) is 9.78 Å². The summed E-state index contributed by atoms with van der Waals surface area (Å²) in [7, 11) is 0. The molecule has 278 valence electrons. The Hall–Kier alpha value is -5.68. The molecule has 10 nitrogen and oxygen atoms in total. The summed E-state index contributed by atoms with van der Waals surface area (Å²) in [5.41, 5.74) is 3.74. The van der Waals surface area contributed by atoms with Crippen LogP contribution in [0.1, 0.15) is 58.6 Å². The molecule has 6 rings (SSSR count). The highest BCUT2D eigenvalue weighted by Gasteiger charge is 2.43. The van der Waals surface area contributed by atoms with Crippen LogP contribution in [0.4, 0.5) is 0 Å². The Morgan fingerprint density at radius 3 is 1.87 bits per heavy atom. The predicted molar refractivity (Wildman–Crippen MR) is 210 cm³/mol. The molecule has 0 spiro atoms. The van der Waals surface area contributed by atoms with Crippen LogP contribution < -0.4 is 10.6 Å². The van der Waals surface area contributed by atoms with E-state index in [1.54, 1.807) is 6.33 Å². The van der Waals surface area contributed by atoms with Crippen LogP contribution in [0.15, 0.2) is 128 Å². The minimum Gasteiger partial charge on any atom is -0.480 e. The van der Waals surface area contributed by atoms with E-state index in [-0.39, 0.29) is 31.0 Å². The van der Waals surface area contributed by atoms with Gasteiger partial charge in [0, 0.05) is 13.0 Å². The van der Waals surface area contributed by atoms with E-state index in [9.17, 15) is 24.3 Å². The van der Waals surface area contributed by atoms with E-state index in [0.717, 1.165) is 27.8 Å². The number of nitrogens with one attached hydrogen (secondary N) is 2. The quantitative estimate of drug-likeness (QED) is 0.123. The number of carboxylic acid groups (broad SMARTS) is 1. The summed E-state index contributed by atoms with van der Waals surface area (Å²) >= 11 is 1.49. The average Bonchev–Trinajstić information content (AvgIpc) is 3.69. The molecule has 54 heavy (non-hydrogen) atoms. The second kappa shape index (κ2) is 17.0. The molecular weight excluding hydrogens is 699 g/mol. The molecule has 11 heteroatoms. The second-order valence-corrected chi connectivity index (χ2v) is 14.8.